The van der Waals surface area contributed by atoms with Crippen molar-refractivity contribution in [2.75, 3.05) is 26.4 Å². The topological polar surface area (TPSA) is 86.3 Å². The second kappa shape index (κ2) is 13.1. The van der Waals surface area contributed by atoms with Crippen molar-refractivity contribution < 1.29 is 28.5 Å². The predicted molar refractivity (Wildman–Crippen MR) is 145 cm³/mol. The van der Waals surface area contributed by atoms with Gasteiger partial charge in [0.25, 0.3) is 0 Å². The number of nitrogens with zero attached hydrogens (tertiary/aromatic N) is 1. The Morgan fingerprint density at radius 1 is 1.08 bits per heavy atom. The maximum absolute atomic E-state index is 13.9. The van der Waals surface area contributed by atoms with E-state index in [1.807, 2.05) is 31.2 Å². The van der Waals surface area contributed by atoms with Gasteiger partial charge in [-0.2, -0.15) is 0 Å². The van der Waals surface area contributed by atoms with Gasteiger partial charge < -0.3 is 29.2 Å². The van der Waals surface area contributed by atoms with Crippen LogP contribution in [0.15, 0.2) is 36.4 Å². The summed E-state index contributed by atoms with van der Waals surface area (Å²) in [6.07, 6.45) is 4.81. The lowest BCUT2D eigenvalue weighted by Crippen LogP contribution is -2.47. The number of rotatable bonds is 11. The summed E-state index contributed by atoms with van der Waals surface area (Å²) in [5.41, 5.74) is 1.42. The molecule has 0 bridgehead atoms. The third-order valence-corrected chi connectivity index (χ3v) is 7.34. The average Bonchev–Trinajstić information content (AvgIpc) is 3.40. The summed E-state index contributed by atoms with van der Waals surface area (Å²) < 4.78 is 22.4. The van der Waals surface area contributed by atoms with Crippen LogP contribution in [0, 0.1) is 5.92 Å². The van der Waals surface area contributed by atoms with Crippen LogP contribution in [0.4, 0.5) is 0 Å². The Bertz CT molecular complexity index is 1120. The number of hydrogen-bond acceptors (Lipinski definition) is 6. The molecule has 2 aromatic carbocycles. The van der Waals surface area contributed by atoms with E-state index in [1.54, 1.807) is 19.2 Å². The summed E-state index contributed by atoms with van der Waals surface area (Å²) in [6, 6.07) is 10.0. The number of fused-ring (bicyclic) bond motifs is 1. The van der Waals surface area contributed by atoms with Gasteiger partial charge in [0.2, 0.25) is 18.6 Å². The fourth-order valence-corrected chi connectivity index (χ4v) is 5.13. The van der Waals surface area contributed by atoms with Gasteiger partial charge in [-0.3, -0.25) is 9.59 Å². The van der Waals surface area contributed by atoms with Crippen LogP contribution < -0.4 is 24.3 Å². The quantitative estimate of drug-likeness (QED) is 0.390. The molecule has 8 nitrogen and oxygen atoms in total. The molecular weight excluding hydrogens is 508 g/mol. The van der Waals surface area contributed by atoms with E-state index in [-0.39, 0.29) is 37.1 Å². The Morgan fingerprint density at radius 3 is 2.55 bits per heavy atom. The third-order valence-electron chi connectivity index (χ3n) is 7.11. The monoisotopic (exact) mass is 544 g/mol. The van der Waals surface area contributed by atoms with Crippen LogP contribution in [0.25, 0.3) is 0 Å². The normalized spacial score (nSPS) is 18.9. The van der Waals surface area contributed by atoms with Crippen LogP contribution in [-0.2, 0) is 16.1 Å². The van der Waals surface area contributed by atoms with Gasteiger partial charge in [0.05, 0.1) is 13.7 Å². The van der Waals surface area contributed by atoms with Crippen molar-refractivity contribution >= 4 is 23.4 Å². The molecule has 2 aromatic rings. The minimum atomic E-state index is -0.917. The lowest BCUT2D eigenvalue weighted by atomic mass is 9.87. The zero-order chi connectivity index (χ0) is 27.1. The molecule has 0 radical (unpaired) electrons. The van der Waals surface area contributed by atoms with E-state index >= 15 is 0 Å². The van der Waals surface area contributed by atoms with Gasteiger partial charge >= 0.3 is 0 Å². The van der Waals surface area contributed by atoms with E-state index in [0.717, 1.165) is 37.7 Å². The number of alkyl halides is 1. The molecule has 1 fully saturated rings. The Morgan fingerprint density at radius 2 is 1.84 bits per heavy atom. The molecule has 0 saturated heterocycles. The average molecular weight is 545 g/mol. The van der Waals surface area contributed by atoms with Crippen LogP contribution in [0.1, 0.15) is 63.1 Å². The summed E-state index contributed by atoms with van der Waals surface area (Å²) in [7, 11) is 1.56. The van der Waals surface area contributed by atoms with Crippen LogP contribution in [0.3, 0.4) is 0 Å². The van der Waals surface area contributed by atoms with Crippen molar-refractivity contribution in [3.05, 3.63) is 47.5 Å². The Hall–Kier alpha value is -3.13. The number of carbonyl (C=O) groups is 2. The molecule has 38 heavy (non-hydrogen) atoms. The molecule has 1 aliphatic heterocycles. The van der Waals surface area contributed by atoms with E-state index in [2.05, 4.69) is 12.2 Å². The number of benzene rings is 2. The molecule has 9 heteroatoms. The Kier molecular flexibility index (Phi) is 9.61. The predicted octanol–water partition coefficient (Wildman–Crippen LogP) is 5.22. The van der Waals surface area contributed by atoms with Gasteiger partial charge in [0, 0.05) is 12.6 Å². The molecule has 2 amide bonds. The fourth-order valence-electron chi connectivity index (χ4n) is 4.98. The van der Waals surface area contributed by atoms with Crippen molar-refractivity contribution in [3.8, 4) is 23.0 Å². The lowest BCUT2D eigenvalue weighted by Gasteiger charge is -2.34. The fraction of sp³-hybridized carbons (Fsp3) is 0.517. The molecule has 1 heterocycles. The highest BCUT2D eigenvalue weighted by molar-refractivity contribution is 6.27. The van der Waals surface area contributed by atoms with E-state index < -0.39 is 6.04 Å². The summed E-state index contributed by atoms with van der Waals surface area (Å²) in [4.78, 5) is 28.7. The van der Waals surface area contributed by atoms with Gasteiger partial charge in [-0.05, 0) is 73.4 Å². The molecule has 0 spiro atoms. The van der Waals surface area contributed by atoms with E-state index in [4.69, 9.17) is 30.5 Å². The largest absolute Gasteiger partial charge is 0.493 e. The van der Waals surface area contributed by atoms with E-state index in [1.165, 1.54) is 4.90 Å². The van der Waals surface area contributed by atoms with Crippen LogP contribution in [-0.4, -0.2) is 49.1 Å². The first kappa shape index (κ1) is 27.9. The molecule has 4 rings (SSSR count). The van der Waals surface area contributed by atoms with Crippen molar-refractivity contribution in [1.29, 1.82) is 0 Å². The van der Waals surface area contributed by atoms with Crippen molar-refractivity contribution in [2.24, 2.45) is 5.92 Å². The van der Waals surface area contributed by atoms with Crippen LogP contribution >= 0.6 is 11.6 Å². The van der Waals surface area contributed by atoms with Crippen molar-refractivity contribution in [1.82, 2.24) is 10.2 Å². The van der Waals surface area contributed by atoms with Gasteiger partial charge in [-0.25, -0.2) is 0 Å². The molecule has 2 aliphatic rings. The Balaban J connectivity index is 1.68. The third kappa shape index (κ3) is 6.65. The molecule has 206 valence electrons. The van der Waals surface area contributed by atoms with Crippen molar-refractivity contribution in [2.45, 2.75) is 64.6 Å². The number of halogens is 1. The van der Waals surface area contributed by atoms with Gasteiger partial charge in [-0.15, -0.1) is 11.6 Å². The summed E-state index contributed by atoms with van der Waals surface area (Å²) in [5.74, 6) is 2.14. The van der Waals surface area contributed by atoms with Crippen LogP contribution in [0.2, 0.25) is 0 Å². The number of carbonyl (C=O) groups excluding carboxylic acids is 2. The standard InChI is InChI=1S/C29H37ClN2O6/c1-4-13-36-23-12-8-21(15-25(23)35-3)28(29(34)31-22-9-5-19(2)6-10-22)32(27(33)16-30)17-20-7-11-24-26(14-20)38-18-37-24/h7-8,11-12,14-15,19,22,28H,4-6,9-10,13,16-18H2,1-3H3,(H,31,34)/t19?,22?,28-/m0/s1. The minimum absolute atomic E-state index is 0.0637. The number of hydrogen-bond donors (Lipinski definition) is 1. The number of methoxy groups -OCH3 is 1. The maximum Gasteiger partial charge on any atom is 0.247 e. The highest BCUT2D eigenvalue weighted by Gasteiger charge is 2.34. The lowest BCUT2D eigenvalue weighted by molar-refractivity contribution is -0.140. The molecule has 0 unspecified atom stereocenters. The highest BCUT2D eigenvalue weighted by Crippen LogP contribution is 2.36. The Labute approximate surface area is 229 Å². The zero-order valence-corrected chi connectivity index (χ0v) is 23.1. The molecule has 1 saturated carbocycles. The number of amides is 2. The summed E-state index contributed by atoms with van der Waals surface area (Å²) in [6.45, 7) is 5.13. The molecule has 0 aromatic heterocycles. The number of nitrogens with one attached hydrogen (secondary N) is 1. The second-order valence-electron chi connectivity index (χ2n) is 9.97. The van der Waals surface area contributed by atoms with Crippen molar-refractivity contribution in [3.63, 3.8) is 0 Å². The molecule has 1 N–H and O–H groups in total. The van der Waals surface area contributed by atoms with Gasteiger partial charge in [0.1, 0.15) is 11.9 Å². The first-order valence-electron chi connectivity index (χ1n) is 13.3. The van der Waals surface area contributed by atoms with E-state index in [9.17, 15) is 9.59 Å². The highest BCUT2D eigenvalue weighted by atomic mass is 35.5. The molecule has 1 atom stereocenters. The SMILES string of the molecule is CCCOc1ccc([C@@H](C(=O)NC2CCC(C)CC2)N(Cc2ccc3c(c2)OCO3)C(=O)CCl)cc1OC. The first-order chi connectivity index (χ1) is 18.4. The summed E-state index contributed by atoms with van der Waals surface area (Å²) >= 11 is 6.08. The minimum Gasteiger partial charge on any atom is -0.493 e. The second-order valence-corrected chi connectivity index (χ2v) is 10.2. The number of ether oxygens (including phenoxy) is 4. The smallest absolute Gasteiger partial charge is 0.247 e. The van der Waals surface area contributed by atoms with Gasteiger partial charge in [0.15, 0.2) is 23.0 Å². The summed E-state index contributed by atoms with van der Waals surface area (Å²) in [5, 5.41) is 3.22. The first-order valence-corrected chi connectivity index (χ1v) is 13.8. The van der Waals surface area contributed by atoms with E-state index in [0.29, 0.717) is 41.1 Å². The van der Waals surface area contributed by atoms with Crippen LogP contribution in [0.5, 0.6) is 23.0 Å². The van der Waals surface area contributed by atoms with Gasteiger partial charge in [-0.1, -0.05) is 26.0 Å². The zero-order valence-electron chi connectivity index (χ0n) is 22.3. The maximum atomic E-state index is 13.9. The molecule has 1 aliphatic carbocycles. The molecular formula is C29H37ClN2O6.